The predicted molar refractivity (Wildman–Crippen MR) is 126 cm³/mol. The third-order valence-corrected chi connectivity index (χ3v) is 5.91. The van der Waals surface area contributed by atoms with Gasteiger partial charge in [0.25, 0.3) is 0 Å². The Hall–Kier alpha value is -3.97. The summed E-state index contributed by atoms with van der Waals surface area (Å²) in [6.07, 6.45) is 6.32. The molecule has 0 unspecified atom stereocenters. The van der Waals surface area contributed by atoms with E-state index in [0.717, 1.165) is 22.2 Å². The lowest BCUT2D eigenvalue weighted by Crippen LogP contribution is -2.06. The Labute approximate surface area is 195 Å². The van der Waals surface area contributed by atoms with E-state index in [1.165, 1.54) is 6.33 Å². The van der Waals surface area contributed by atoms with Crippen LogP contribution in [0.1, 0.15) is 27.2 Å². The summed E-state index contributed by atoms with van der Waals surface area (Å²) in [4.78, 5) is 21.8. The summed E-state index contributed by atoms with van der Waals surface area (Å²) < 4.78 is 9.15. The first-order valence-electron chi connectivity index (χ1n) is 10.3. The van der Waals surface area contributed by atoms with Crippen molar-refractivity contribution in [3.05, 3.63) is 101 Å². The lowest BCUT2D eigenvalue weighted by molar-refractivity contribution is 0.103. The molecule has 0 atom stereocenters. The fraction of sp³-hybridized carbons (Fsp3) is 0.120. The molecule has 3 aromatic heterocycles. The number of rotatable bonds is 6. The van der Waals surface area contributed by atoms with Crippen molar-refractivity contribution >= 4 is 28.3 Å². The Kier molecular flexibility index (Phi) is 5.40. The monoisotopic (exact) mass is 457 g/mol. The first-order chi connectivity index (χ1) is 16.0. The van der Waals surface area contributed by atoms with E-state index in [4.69, 9.17) is 16.3 Å². The van der Waals surface area contributed by atoms with Crippen LogP contribution in [0.5, 0.6) is 5.75 Å². The van der Waals surface area contributed by atoms with Crippen LogP contribution in [0.2, 0.25) is 5.02 Å². The van der Waals surface area contributed by atoms with E-state index in [1.54, 1.807) is 36.4 Å². The van der Waals surface area contributed by atoms with Crippen LogP contribution in [0.4, 0.5) is 0 Å². The number of hydrogen-bond acceptors (Lipinski definition) is 5. The Bertz CT molecular complexity index is 1460. The van der Waals surface area contributed by atoms with Gasteiger partial charge in [0.05, 0.1) is 24.4 Å². The summed E-state index contributed by atoms with van der Waals surface area (Å²) in [6.45, 7) is 2.57. The van der Waals surface area contributed by atoms with E-state index in [2.05, 4.69) is 19.6 Å². The number of halogens is 1. The summed E-state index contributed by atoms with van der Waals surface area (Å²) in [5.74, 6) is 1.17. The van der Waals surface area contributed by atoms with E-state index in [0.29, 0.717) is 34.3 Å². The quantitative estimate of drug-likeness (QED) is 0.340. The summed E-state index contributed by atoms with van der Waals surface area (Å²) in [6, 6.07) is 15.2. The number of carbonyl (C=O) groups is 1. The molecular weight excluding hydrogens is 438 g/mol. The SMILES string of the molecule is COc1ccc2c(c1)c(C(=O)c1cnn(-c3ccncn3)c1)c(C)n2Cc1ccc(Cl)cc1. The summed E-state index contributed by atoms with van der Waals surface area (Å²) >= 11 is 6.05. The van der Waals surface area contributed by atoms with Gasteiger partial charge in [0.15, 0.2) is 11.6 Å². The molecule has 5 aromatic rings. The molecule has 164 valence electrons. The standard InChI is InChI=1S/C25H20ClN5O2/c1-16-24(25(32)18-12-29-31(14-18)23-9-10-27-15-28-23)21-11-20(33-2)7-8-22(21)30(16)13-17-3-5-19(26)6-4-17/h3-12,14-15H,13H2,1-2H3. The zero-order valence-electron chi connectivity index (χ0n) is 18.1. The number of ketones is 1. The van der Waals surface area contributed by atoms with Crippen LogP contribution in [0.25, 0.3) is 16.7 Å². The molecule has 8 heteroatoms. The number of fused-ring (bicyclic) bond motifs is 1. The zero-order chi connectivity index (χ0) is 22.9. The van der Waals surface area contributed by atoms with Crippen molar-refractivity contribution < 1.29 is 9.53 Å². The molecule has 3 heterocycles. The van der Waals surface area contributed by atoms with Gasteiger partial charge in [-0.25, -0.2) is 14.6 Å². The molecule has 7 nitrogen and oxygen atoms in total. The van der Waals surface area contributed by atoms with Crippen LogP contribution >= 0.6 is 11.6 Å². The van der Waals surface area contributed by atoms with Gasteiger partial charge in [0, 0.05) is 46.6 Å². The van der Waals surface area contributed by atoms with Gasteiger partial charge in [0.2, 0.25) is 0 Å². The zero-order valence-corrected chi connectivity index (χ0v) is 18.8. The van der Waals surface area contributed by atoms with Crippen LogP contribution in [0.15, 0.2) is 73.4 Å². The maximum absolute atomic E-state index is 13.7. The minimum absolute atomic E-state index is 0.110. The molecule has 0 spiro atoms. The maximum Gasteiger partial charge on any atom is 0.198 e. The first-order valence-corrected chi connectivity index (χ1v) is 10.7. The second-order valence-electron chi connectivity index (χ2n) is 7.63. The molecule has 0 aliphatic heterocycles. The van der Waals surface area contributed by atoms with Gasteiger partial charge in [-0.2, -0.15) is 5.10 Å². The lowest BCUT2D eigenvalue weighted by atomic mass is 10.0. The highest BCUT2D eigenvalue weighted by molar-refractivity contribution is 6.30. The largest absolute Gasteiger partial charge is 0.497 e. The van der Waals surface area contributed by atoms with Crippen LogP contribution in [-0.2, 0) is 6.54 Å². The third-order valence-electron chi connectivity index (χ3n) is 5.66. The van der Waals surface area contributed by atoms with E-state index >= 15 is 0 Å². The minimum atomic E-state index is -0.110. The molecule has 0 saturated heterocycles. The molecular formula is C25H20ClN5O2. The Morgan fingerprint density at radius 2 is 1.94 bits per heavy atom. The second-order valence-corrected chi connectivity index (χ2v) is 8.06. The minimum Gasteiger partial charge on any atom is -0.497 e. The topological polar surface area (TPSA) is 74.8 Å². The van der Waals surface area contributed by atoms with Crippen molar-refractivity contribution in [2.24, 2.45) is 0 Å². The Balaban J connectivity index is 1.61. The molecule has 2 aromatic carbocycles. The molecule has 5 rings (SSSR count). The summed E-state index contributed by atoms with van der Waals surface area (Å²) in [7, 11) is 1.62. The second kappa shape index (κ2) is 8.52. The van der Waals surface area contributed by atoms with Gasteiger partial charge in [0.1, 0.15) is 12.1 Å². The number of aromatic nitrogens is 5. The fourth-order valence-electron chi connectivity index (χ4n) is 3.98. The average Bonchev–Trinajstić information content (AvgIpc) is 3.44. The molecule has 0 bridgehead atoms. The highest BCUT2D eigenvalue weighted by atomic mass is 35.5. The predicted octanol–water partition coefficient (Wildman–Crippen LogP) is 4.87. The molecule has 0 aliphatic rings. The highest BCUT2D eigenvalue weighted by Crippen LogP contribution is 2.32. The third kappa shape index (κ3) is 3.87. The molecule has 0 saturated carbocycles. The van der Waals surface area contributed by atoms with Gasteiger partial charge in [-0.05, 0) is 42.8 Å². The normalized spacial score (nSPS) is 11.1. The molecule has 33 heavy (non-hydrogen) atoms. The average molecular weight is 458 g/mol. The van der Waals surface area contributed by atoms with E-state index in [-0.39, 0.29) is 5.78 Å². The van der Waals surface area contributed by atoms with Gasteiger partial charge in [-0.15, -0.1) is 0 Å². The number of ether oxygens (including phenoxy) is 1. The smallest absolute Gasteiger partial charge is 0.198 e. The van der Waals surface area contributed by atoms with Gasteiger partial charge >= 0.3 is 0 Å². The van der Waals surface area contributed by atoms with Crippen molar-refractivity contribution in [2.75, 3.05) is 7.11 Å². The summed E-state index contributed by atoms with van der Waals surface area (Å²) in [5, 5.41) is 5.84. The van der Waals surface area contributed by atoms with Gasteiger partial charge < -0.3 is 9.30 Å². The molecule has 0 N–H and O–H groups in total. The van der Waals surface area contributed by atoms with Crippen molar-refractivity contribution in [2.45, 2.75) is 13.5 Å². The van der Waals surface area contributed by atoms with Crippen LogP contribution in [0, 0.1) is 6.92 Å². The first kappa shape index (κ1) is 20.9. The molecule has 0 aliphatic carbocycles. The Morgan fingerprint density at radius 3 is 2.67 bits per heavy atom. The van der Waals surface area contributed by atoms with Crippen LogP contribution < -0.4 is 4.74 Å². The number of carbonyl (C=O) groups excluding carboxylic acids is 1. The van der Waals surface area contributed by atoms with Crippen LogP contribution in [-0.4, -0.2) is 37.2 Å². The molecule has 0 amide bonds. The molecule has 0 fully saturated rings. The van der Waals surface area contributed by atoms with E-state index in [1.807, 2.05) is 49.4 Å². The maximum atomic E-state index is 13.7. The number of nitrogens with zero attached hydrogens (tertiary/aromatic N) is 5. The van der Waals surface area contributed by atoms with Crippen molar-refractivity contribution in [1.82, 2.24) is 24.3 Å². The lowest BCUT2D eigenvalue weighted by Gasteiger charge is -2.09. The fourth-order valence-corrected chi connectivity index (χ4v) is 4.11. The van der Waals surface area contributed by atoms with Crippen LogP contribution in [0.3, 0.4) is 0 Å². The van der Waals surface area contributed by atoms with Crippen molar-refractivity contribution in [3.8, 4) is 11.6 Å². The summed E-state index contributed by atoms with van der Waals surface area (Å²) in [5.41, 5.74) is 4.01. The van der Waals surface area contributed by atoms with E-state index < -0.39 is 0 Å². The highest BCUT2D eigenvalue weighted by Gasteiger charge is 2.23. The van der Waals surface area contributed by atoms with E-state index in [9.17, 15) is 4.79 Å². The number of methoxy groups -OCH3 is 1. The van der Waals surface area contributed by atoms with Gasteiger partial charge in [-0.1, -0.05) is 23.7 Å². The molecule has 0 radical (unpaired) electrons. The van der Waals surface area contributed by atoms with Crippen molar-refractivity contribution in [3.63, 3.8) is 0 Å². The van der Waals surface area contributed by atoms with Gasteiger partial charge in [-0.3, -0.25) is 4.79 Å². The number of benzene rings is 2. The Morgan fingerprint density at radius 1 is 1.12 bits per heavy atom. The van der Waals surface area contributed by atoms with Crippen molar-refractivity contribution in [1.29, 1.82) is 0 Å². The number of hydrogen-bond donors (Lipinski definition) is 0.